The van der Waals surface area contributed by atoms with Crippen LogP contribution in [0.5, 0.6) is 0 Å². The molecule has 2 aliphatic rings. The normalized spacial score (nSPS) is 19.4. The molecule has 2 fully saturated rings. The first kappa shape index (κ1) is 18.5. The molecule has 0 radical (unpaired) electrons. The average molecular weight is 389 g/mol. The molecule has 0 unspecified atom stereocenters. The topological polar surface area (TPSA) is 45.7 Å². The summed E-state index contributed by atoms with van der Waals surface area (Å²) >= 11 is 1.59. The summed E-state index contributed by atoms with van der Waals surface area (Å²) in [6, 6.07) is 6.46. The highest BCUT2D eigenvalue weighted by Crippen LogP contribution is 2.26. The van der Waals surface area contributed by atoms with E-state index >= 15 is 0 Å². The summed E-state index contributed by atoms with van der Waals surface area (Å²) in [5.74, 6) is 0.208. The largest absolute Gasteiger partial charge is 0.378 e. The lowest BCUT2D eigenvalue weighted by Gasteiger charge is -2.35. The van der Waals surface area contributed by atoms with Gasteiger partial charge in [0.25, 0.3) is 0 Å². The van der Waals surface area contributed by atoms with Crippen LogP contribution in [0, 0.1) is 11.7 Å². The number of nitrogens with zero attached hydrogens (tertiary/aromatic N) is 3. The quantitative estimate of drug-likeness (QED) is 0.806. The van der Waals surface area contributed by atoms with Gasteiger partial charge in [-0.3, -0.25) is 9.69 Å². The Hall–Kier alpha value is -1.83. The van der Waals surface area contributed by atoms with E-state index in [4.69, 9.17) is 9.72 Å². The van der Waals surface area contributed by atoms with Gasteiger partial charge in [-0.05, 0) is 50.2 Å². The molecular weight excluding hydrogens is 365 g/mol. The highest BCUT2D eigenvalue weighted by atomic mass is 32.1. The van der Waals surface area contributed by atoms with Crippen molar-refractivity contribution in [2.45, 2.75) is 19.4 Å². The predicted molar refractivity (Wildman–Crippen MR) is 103 cm³/mol. The van der Waals surface area contributed by atoms with Gasteiger partial charge in [0, 0.05) is 36.5 Å². The van der Waals surface area contributed by atoms with Crippen molar-refractivity contribution in [2.24, 2.45) is 5.92 Å². The van der Waals surface area contributed by atoms with Crippen molar-refractivity contribution in [3.05, 3.63) is 41.2 Å². The Kier molecular flexibility index (Phi) is 5.80. The second kappa shape index (κ2) is 8.46. The standard InChI is InChI=1S/C20H24FN3O2S/c21-17-3-1-15(2-4-17)19-22-18(14-27-19)13-23-7-5-16(6-8-23)20(25)24-9-11-26-12-10-24/h1-4,14,16H,5-13H2. The van der Waals surface area contributed by atoms with Crippen LogP contribution in [-0.4, -0.2) is 60.1 Å². The molecule has 2 aliphatic heterocycles. The molecule has 2 saturated heterocycles. The molecule has 0 N–H and O–H groups in total. The van der Waals surface area contributed by atoms with Gasteiger partial charge in [-0.25, -0.2) is 9.37 Å². The molecule has 1 aromatic heterocycles. The van der Waals surface area contributed by atoms with E-state index in [-0.39, 0.29) is 11.7 Å². The van der Waals surface area contributed by atoms with Gasteiger partial charge in [0.15, 0.2) is 0 Å². The summed E-state index contributed by atoms with van der Waals surface area (Å²) in [7, 11) is 0. The van der Waals surface area contributed by atoms with Crippen molar-refractivity contribution >= 4 is 17.2 Å². The zero-order valence-corrected chi connectivity index (χ0v) is 16.1. The van der Waals surface area contributed by atoms with E-state index in [0.717, 1.165) is 61.8 Å². The number of piperidine rings is 1. The van der Waals surface area contributed by atoms with Crippen LogP contribution in [0.25, 0.3) is 10.6 Å². The summed E-state index contributed by atoms with van der Waals surface area (Å²) in [5.41, 5.74) is 1.99. The van der Waals surface area contributed by atoms with E-state index in [2.05, 4.69) is 10.3 Å². The number of hydrogen-bond acceptors (Lipinski definition) is 5. The Morgan fingerprint density at radius 1 is 1.15 bits per heavy atom. The molecule has 0 aliphatic carbocycles. The zero-order chi connectivity index (χ0) is 18.6. The molecule has 144 valence electrons. The van der Waals surface area contributed by atoms with Crippen molar-refractivity contribution in [1.29, 1.82) is 0 Å². The number of ether oxygens (including phenoxy) is 1. The molecule has 0 saturated carbocycles. The minimum atomic E-state index is -0.231. The summed E-state index contributed by atoms with van der Waals surface area (Å²) in [4.78, 5) is 21.6. The fraction of sp³-hybridized carbons (Fsp3) is 0.500. The maximum Gasteiger partial charge on any atom is 0.225 e. The molecular formula is C20H24FN3O2S. The Bertz CT molecular complexity index is 766. The van der Waals surface area contributed by atoms with Crippen LogP contribution in [0.2, 0.25) is 0 Å². The number of carbonyl (C=O) groups is 1. The number of rotatable bonds is 4. The summed E-state index contributed by atoms with van der Waals surface area (Å²) in [5, 5.41) is 2.99. The maximum absolute atomic E-state index is 13.1. The van der Waals surface area contributed by atoms with Crippen molar-refractivity contribution in [3.63, 3.8) is 0 Å². The van der Waals surface area contributed by atoms with Gasteiger partial charge in [0.2, 0.25) is 5.91 Å². The minimum Gasteiger partial charge on any atom is -0.378 e. The molecule has 1 aromatic carbocycles. The Morgan fingerprint density at radius 2 is 1.85 bits per heavy atom. The SMILES string of the molecule is O=C(C1CCN(Cc2csc(-c3ccc(F)cc3)n2)CC1)N1CCOCC1. The first-order valence-corrected chi connectivity index (χ1v) is 10.4. The number of halogens is 1. The third-order valence-corrected chi connectivity index (χ3v) is 6.23. The van der Waals surface area contributed by atoms with Crippen LogP contribution >= 0.6 is 11.3 Å². The van der Waals surface area contributed by atoms with Gasteiger partial charge >= 0.3 is 0 Å². The van der Waals surface area contributed by atoms with E-state index in [9.17, 15) is 9.18 Å². The van der Waals surface area contributed by atoms with Crippen LogP contribution in [-0.2, 0) is 16.1 Å². The molecule has 1 amide bonds. The van der Waals surface area contributed by atoms with Gasteiger partial charge in [-0.1, -0.05) is 0 Å². The highest BCUT2D eigenvalue weighted by molar-refractivity contribution is 7.13. The molecule has 4 rings (SSSR count). The van der Waals surface area contributed by atoms with Gasteiger partial charge in [-0.2, -0.15) is 0 Å². The fourth-order valence-corrected chi connectivity index (χ4v) is 4.53. The van der Waals surface area contributed by atoms with Gasteiger partial charge in [0.05, 0.1) is 18.9 Å². The molecule has 0 spiro atoms. The molecule has 5 nitrogen and oxygen atoms in total. The van der Waals surface area contributed by atoms with Crippen molar-refractivity contribution in [3.8, 4) is 10.6 Å². The number of thiazole rings is 1. The summed E-state index contributed by atoms with van der Waals surface area (Å²) in [6.07, 6.45) is 1.82. The van der Waals surface area contributed by atoms with Crippen molar-refractivity contribution in [1.82, 2.24) is 14.8 Å². The monoisotopic (exact) mass is 389 g/mol. The number of likely N-dealkylation sites (tertiary alicyclic amines) is 1. The van der Waals surface area contributed by atoms with Crippen LogP contribution in [0.4, 0.5) is 4.39 Å². The van der Waals surface area contributed by atoms with E-state index in [1.54, 1.807) is 23.5 Å². The number of carbonyl (C=O) groups excluding carboxylic acids is 1. The van der Waals surface area contributed by atoms with Gasteiger partial charge < -0.3 is 9.64 Å². The summed E-state index contributed by atoms with van der Waals surface area (Å²) in [6.45, 7) is 5.41. The first-order chi connectivity index (χ1) is 13.2. The Labute approximate surface area is 162 Å². The number of morpholine rings is 1. The van der Waals surface area contributed by atoms with Gasteiger partial charge in [-0.15, -0.1) is 11.3 Å². The lowest BCUT2D eigenvalue weighted by Crippen LogP contribution is -2.46. The van der Waals surface area contributed by atoms with Crippen LogP contribution in [0.15, 0.2) is 29.6 Å². The highest BCUT2D eigenvalue weighted by Gasteiger charge is 2.29. The molecule has 3 heterocycles. The number of benzene rings is 1. The summed E-state index contributed by atoms with van der Waals surface area (Å²) < 4.78 is 18.4. The molecule has 7 heteroatoms. The number of amides is 1. The second-order valence-electron chi connectivity index (χ2n) is 7.14. The number of aromatic nitrogens is 1. The lowest BCUT2D eigenvalue weighted by atomic mass is 9.95. The predicted octanol–water partition coefficient (Wildman–Crippen LogP) is 3.02. The molecule has 27 heavy (non-hydrogen) atoms. The maximum atomic E-state index is 13.1. The Balaban J connectivity index is 1.29. The van der Waals surface area contributed by atoms with Gasteiger partial charge in [0.1, 0.15) is 10.8 Å². The zero-order valence-electron chi connectivity index (χ0n) is 15.3. The third kappa shape index (κ3) is 4.54. The van der Waals surface area contributed by atoms with E-state index in [0.29, 0.717) is 19.1 Å². The number of hydrogen-bond donors (Lipinski definition) is 0. The van der Waals surface area contributed by atoms with Crippen molar-refractivity contribution in [2.75, 3.05) is 39.4 Å². The van der Waals surface area contributed by atoms with E-state index in [1.807, 2.05) is 4.90 Å². The van der Waals surface area contributed by atoms with Crippen LogP contribution in [0.1, 0.15) is 18.5 Å². The second-order valence-corrected chi connectivity index (χ2v) is 8.00. The minimum absolute atomic E-state index is 0.143. The molecule has 0 atom stereocenters. The van der Waals surface area contributed by atoms with Crippen LogP contribution in [0.3, 0.4) is 0 Å². The third-order valence-electron chi connectivity index (χ3n) is 5.29. The lowest BCUT2D eigenvalue weighted by molar-refractivity contribution is -0.141. The van der Waals surface area contributed by atoms with Crippen LogP contribution < -0.4 is 0 Å². The fourth-order valence-electron chi connectivity index (χ4n) is 3.71. The van der Waals surface area contributed by atoms with Crippen molar-refractivity contribution < 1.29 is 13.9 Å². The Morgan fingerprint density at radius 3 is 2.56 bits per heavy atom. The average Bonchev–Trinajstić information content (AvgIpc) is 3.18. The first-order valence-electron chi connectivity index (χ1n) is 9.48. The van der Waals surface area contributed by atoms with E-state index < -0.39 is 0 Å². The smallest absolute Gasteiger partial charge is 0.225 e. The van der Waals surface area contributed by atoms with E-state index in [1.165, 1.54) is 12.1 Å². The molecule has 0 bridgehead atoms. The molecule has 2 aromatic rings.